The molecule has 38 nitrogen and oxygen atoms in total. The van der Waals surface area contributed by atoms with E-state index in [9.17, 15) is 58.1 Å². The number of hydrogen-bond acceptors (Lipinski definition) is 21. The monoisotopic (exact) mass is 1870 g/mol. The number of H-pyrrole nitrogens is 1. The van der Waals surface area contributed by atoms with Crippen LogP contribution in [0.1, 0.15) is 106 Å². The van der Waals surface area contributed by atoms with Crippen LogP contribution >= 0.6 is 11.8 Å². The van der Waals surface area contributed by atoms with Gasteiger partial charge in [-0.3, -0.25) is 81.5 Å². The molecule has 5 aromatic carbocycles. The van der Waals surface area contributed by atoms with Crippen molar-refractivity contribution in [3.8, 4) is 5.75 Å². The lowest BCUT2D eigenvalue weighted by Gasteiger charge is -2.44. The van der Waals surface area contributed by atoms with E-state index in [-0.39, 0.29) is 88.9 Å². The number of phenolic OH excluding ortho intramolecular Hbond substituents is 1. The number of thioether (sulfide) groups is 1. The first-order chi connectivity index (χ1) is 63.4. The van der Waals surface area contributed by atoms with E-state index in [4.69, 9.17) is 16.2 Å². The number of ether oxygens (including phenoxy) is 1. The van der Waals surface area contributed by atoms with E-state index in [1.54, 1.807) is 98.0 Å². The number of phenols is 1. The number of fused-ring (bicyclic) bond motifs is 3. The average molecular weight is 1870 g/mol. The molecule has 3 saturated heterocycles. The Balaban J connectivity index is 1.13. The molecule has 3 aliphatic rings. The largest absolute Gasteiger partial charge is 0.508 e. The predicted molar refractivity (Wildman–Crippen MR) is 477 cm³/mol. The number of unbranched alkanes of at least 4 members (excludes halogenated alkanes) is 1. The van der Waals surface area contributed by atoms with Crippen molar-refractivity contribution < 1.29 is 115 Å². The zero-order chi connectivity index (χ0) is 97.0. The molecular formula is C91H114F3N17O21S. The molecule has 0 aliphatic carbocycles. The Morgan fingerprint density at radius 1 is 0.534 bits per heavy atom. The Bertz CT molecular complexity index is 5170. The first kappa shape index (κ1) is 103. The number of para-hydroxylation sites is 1. The highest BCUT2D eigenvalue weighted by Gasteiger charge is 2.47. The number of rotatable bonds is 25. The summed E-state index contributed by atoms with van der Waals surface area (Å²) in [6.45, 7) is 2.65. The van der Waals surface area contributed by atoms with Crippen LogP contribution in [-0.2, 0) is 118 Å². The third-order valence-corrected chi connectivity index (χ3v) is 24.3. The number of aromatic hydroxyl groups is 1. The number of amides is 15. The second kappa shape index (κ2) is 49.1. The molecule has 6 aromatic rings. The van der Waals surface area contributed by atoms with Gasteiger partial charge in [0.05, 0.1) is 31.9 Å². The number of carboxylic acid groups (broad SMARTS) is 2. The number of hydrogen-bond donors (Lipinski definition) is 15. The lowest BCUT2D eigenvalue weighted by Crippen LogP contribution is -2.65. The molecule has 4 heterocycles. The first-order valence-corrected chi connectivity index (χ1v) is 44.7. The van der Waals surface area contributed by atoms with E-state index in [1.165, 1.54) is 59.3 Å². The van der Waals surface area contributed by atoms with E-state index >= 15 is 51.9 Å². The molecule has 0 radical (unpaired) electrons. The number of likely N-dealkylation sites (N-methyl/N-ethyl adjacent to an activating group) is 3. The van der Waals surface area contributed by atoms with Gasteiger partial charge in [-0.2, -0.15) is 0 Å². The van der Waals surface area contributed by atoms with Gasteiger partial charge in [0.1, 0.15) is 84.3 Å². The van der Waals surface area contributed by atoms with Gasteiger partial charge in [0.2, 0.25) is 88.6 Å². The lowest BCUT2D eigenvalue weighted by molar-refractivity contribution is -0.157. The third kappa shape index (κ3) is 28.7. The molecule has 133 heavy (non-hydrogen) atoms. The number of nitrogens with zero attached hydrogens (tertiary/aromatic N) is 5. The minimum atomic E-state index is -1.97. The summed E-state index contributed by atoms with van der Waals surface area (Å²) in [6.07, 6.45) is -2.73. The van der Waals surface area contributed by atoms with Gasteiger partial charge in [-0.15, -0.1) is 11.8 Å². The van der Waals surface area contributed by atoms with Crippen molar-refractivity contribution in [1.82, 2.24) is 77.3 Å². The molecule has 13 atom stereocenters. The number of halogens is 3. The Kier molecular flexibility index (Phi) is 38.1. The average Bonchev–Trinajstić information content (AvgIpc) is 1.55. The van der Waals surface area contributed by atoms with Crippen molar-refractivity contribution in [1.29, 1.82) is 0 Å². The van der Waals surface area contributed by atoms with Gasteiger partial charge in [0.25, 0.3) is 0 Å². The summed E-state index contributed by atoms with van der Waals surface area (Å²) in [6, 6.07) is 7.91. The summed E-state index contributed by atoms with van der Waals surface area (Å²) in [5.74, 6) is -26.1. The van der Waals surface area contributed by atoms with Crippen LogP contribution in [0, 0.1) is 23.4 Å². The summed E-state index contributed by atoms with van der Waals surface area (Å²) in [4.78, 5) is 257. The van der Waals surface area contributed by atoms with Crippen LogP contribution in [0.15, 0.2) is 128 Å². The molecule has 3 fully saturated rings. The Hall–Kier alpha value is -13.5. The molecule has 1 unspecified atom stereocenters. The van der Waals surface area contributed by atoms with Crippen LogP contribution < -0.4 is 59.3 Å². The summed E-state index contributed by atoms with van der Waals surface area (Å²) >= 11 is 0.644. The van der Waals surface area contributed by atoms with Gasteiger partial charge in [0, 0.05) is 95.6 Å². The maximum Gasteiger partial charge on any atom is 0.305 e. The fraction of sp³-hybridized carbons (Fsp3) is 0.462. The van der Waals surface area contributed by atoms with Crippen molar-refractivity contribution in [3.05, 3.63) is 173 Å². The van der Waals surface area contributed by atoms with Gasteiger partial charge < -0.3 is 109 Å². The fourth-order valence-corrected chi connectivity index (χ4v) is 16.6. The van der Waals surface area contributed by atoms with E-state index in [2.05, 4.69) is 52.8 Å². The normalized spacial score (nSPS) is 23.5. The van der Waals surface area contributed by atoms with E-state index in [1.807, 2.05) is 0 Å². The van der Waals surface area contributed by atoms with Crippen molar-refractivity contribution in [3.63, 3.8) is 0 Å². The number of benzene rings is 5. The van der Waals surface area contributed by atoms with E-state index in [0.717, 1.165) is 24.5 Å². The van der Waals surface area contributed by atoms with Crippen molar-refractivity contribution >= 4 is 123 Å². The highest BCUT2D eigenvalue weighted by atomic mass is 32.2. The van der Waals surface area contributed by atoms with Crippen LogP contribution in [0.5, 0.6) is 5.75 Å². The predicted octanol–water partition coefficient (Wildman–Crippen LogP) is 0.265. The van der Waals surface area contributed by atoms with Crippen LogP contribution in [0.4, 0.5) is 13.2 Å². The summed E-state index contributed by atoms with van der Waals surface area (Å²) in [5.41, 5.74) is 13.3. The van der Waals surface area contributed by atoms with Gasteiger partial charge in [-0.25, -0.2) is 13.2 Å². The zero-order valence-corrected chi connectivity index (χ0v) is 75.2. The molecule has 0 bridgehead atoms. The highest BCUT2D eigenvalue weighted by Crippen LogP contribution is 2.28. The number of aromatic amines is 1. The minimum absolute atomic E-state index is 0.00838. The number of carboxylic acids is 2. The minimum Gasteiger partial charge on any atom is -0.508 e. The van der Waals surface area contributed by atoms with Crippen molar-refractivity contribution in [2.45, 2.75) is 189 Å². The molecule has 0 saturated carbocycles. The number of carbonyl (C=O) groups is 17. The van der Waals surface area contributed by atoms with Gasteiger partial charge in [-0.1, -0.05) is 125 Å². The maximum absolute atomic E-state index is 15.6. The number of aliphatic carboxylic acids is 2. The smallest absolute Gasteiger partial charge is 0.305 e. The fourth-order valence-electron chi connectivity index (χ4n) is 15.8. The second-order valence-electron chi connectivity index (χ2n) is 33.3. The quantitative estimate of drug-likeness (QED) is 0.0342. The van der Waals surface area contributed by atoms with Crippen LogP contribution in [0.3, 0.4) is 0 Å². The second-order valence-corrected chi connectivity index (χ2v) is 34.3. The topological polar surface area (TPSA) is 552 Å². The van der Waals surface area contributed by atoms with Crippen LogP contribution in [0.2, 0.25) is 0 Å². The van der Waals surface area contributed by atoms with Crippen molar-refractivity contribution in [2.75, 3.05) is 72.0 Å². The molecule has 716 valence electrons. The standard InChI is InChI=1S/C91H114F3N17O21S/c1-7-8-25-69-90(130)110-34-32-68(110)84(124)104-65(44-76(117)118)83(123)106-78(50(2)3)91(131)108(5)70(41-51-18-11-9-12-19-51)85(125)101-62(30-31-75(115)116)88(128)111-35-36-132-47-72(111)86(126)103-64(43-55-45-97-60-23-16-15-22-57(55)60)82(122)102-63(39-53-26-28-56(112)29-27-53)81(121)100-61(24-17-33-95)80(120)105-67(79(119)98-46-73(96)113)48-133-49-74(114)99-66(40-54-37-58(92)77(94)59(93)38-54)87(127)109(6)71(89(129)107(69)4)42-52-20-13-10-14-21-52/h9-16,18-23,26-29,37-38,45,50,61-72,78,97,112H,7-8,17,24-25,30-36,39-44,46-49,95H2,1-6H3,(H2,96,113)(H,98,119)(H,99,114)(H,100,121)(H,101,125)(H,102,122)(H,103,126)(H,104,124)(H,105,120)(H,106,123)(H,115,116)(H,117,118)/t61-,62-,63-,64-,65-,66-,67-,68+,69-,70?,71-,72+,78-/m0/s1. The van der Waals surface area contributed by atoms with E-state index < -0.39 is 259 Å². The molecule has 17 N–H and O–H groups in total. The Morgan fingerprint density at radius 3 is 1.69 bits per heavy atom. The van der Waals surface area contributed by atoms with Gasteiger partial charge in [-0.05, 0) is 103 Å². The molecule has 42 heteroatoms. The summed E-state index contributed by atoms with van der Waals surface area (Å²) in [7, 11) is 3.65. The Morgan fingerprint density at radius 2 is 1.08 bits per heavy atom. The lowest BCUT2D eigenvalue weighted by atomic mass is 9.96. The number of nitrogens with one attached hydrogen (secondary N) is 10. The zero-order valence-electron chi connectivity index (χ0n) is 74.4. The summed E-state index contributed by atoms with van der Waals surface area (Å²) in [5, 5.41) is 54.5. The number of morpholine rings is 1. The van der Waals surface area contributed by atoms with Gasteiger partial charge >= 0.3 is 11.9 Å². The molecule has 1 aromatic heterocycles. The maximum atomic E-state index is 15.6. The van der Waals surface area contributed by atoms with Crippen molar-refractivity contribution in [2.24, 2.45) is 17.4 Å². The number of primary amides is 1. The Labute approximate surface area is 768 Å². The van der Waals surface area contributed by atoms with Gasteiger partial charge in [0.15, 0.2) is 17.5 Å². The molecule has 0 spiro atoms. The van der Waals surface area contributed by atoms with Crippen LogP contribution in [-0.4, -0.2) is 296 Å². The third-order valence-electron chi connectivity index (χ3n) is 23.3. The highest BCUT2D eigenvalue weighted by molar-refractivity contribution is 8.00. The molecule has 15 amide bonds. The molecular weight excluding hydrogens is 1760 g/mol. The number of aromatic nitrogens is 1. The summed E-state index contributed by atoms with van der Waals surface area (Å²) < 4.78 is 50.8. The molecule has 9 rings (SSSR count). The molecule has 3 aliphatic heterocycles. The van der Waals surface area contributed by atoms with E-state index in [0.29, 0.717) is 63.5 Å². The van der Waals surface area contributed by atoms with Crippen LogP contribution in [0.25, 0.3) is 10.9 Å². The number of nitrogens with two attached hydrogens (primary N) is 2. The number of carbonyl (C=O) groups excluding carboxylic acids is 15. The SMILES string of the molecule is CCCC[C@H]1C(=O)N2CC[C@@H]2C(=O)N[C@@H](CC(=O)O)C(=O)N[C@@H](C(C)C)C(=O)N(C)C(Cc2ccccc2)C(=O)N[C@@H](CCC(=O)O)C(=O)N2CCOC[C@@H]2C(=O)N[C@@H](Cc2c[nH]c3ccccc23)C(=O)N[C@@H](Cc2ccc(O)cc2)C(=O)N[C@@H](CCCN)C(=O)N[C@H](C(=O)NCC(N)=O)CSCC(=O)N[C@@H](Cc2cc(F)c(F)c(F)c2)C(=O)N(C)[C@@H](Cc2ccccc2)C(=O)N1C. The first-order valence-electron chi connectivity index (χ1n) is 43.6.